The Morgan fingerprint density at radius 3 is 3.00 bits per heavy atom. The second-order valence-corrected chi connectivity index (χ2v) is 4.38. The minimum atomic E-state index is -0.615. The van der Waals surface area contributed by atoms with E-state index in [4.69, 9.17) is 4.74 Å². The maximum absolute atomic E-state index is 13.5. The van der Waals surface area contributed by atoms with Crippen LogP contribution in [0.2, 0.25) is 0 Å². The molecule has 0 amide bonds. The summed E-state index contributed by atoms with van der Waals surface area (Å²) in [4.78, 5) is 14.3. The topological polar surface area (TPSA) is 93.4 Å². The van der Waals surface area contributed by atoms with E-state index in [0.29, 0.717) is 5.69 Å². The van der Waals surface area contributed by atoms with Crippen LogP contribution in [0.1, 0.15) is 5.56 Å². The van der Waals surface area contributed by atoms with Crippen LogP contribution < -0.4 is 4.74 Å². The number of hydrogen-bond acceptors (Lipinski definition) is 5. The molecule has 0 spiro atoms. The number of nitrogens with zero attached hydrogens (tertiary/aromatic N) is 3. The summed E-state index contributed by atoms with van der Waals surface area (Å²) in [5.74, 6) is -0.382. The fourth-order valence-electron chi connectivity index (χ4n) is 1.49. The smallest absolute Gasteiger partial charge is 0.279 e. The van der Waals surface area contributed by atoms with Gasteiger partial charge in [0.25, 0.3) is 11.6 Å². The molecule has 1 aromatic carbocycles. The van der Waals surface area contributed by atoms with Gasteiger partial charge in [-0.2, -0.15) is 0 Å². The van der Waals surface area contributed by atoms with Crippen LogP contribution in [-0.2, 0) is 0 Å². The zero-order valence-corrected chi connectivity index (χ0v) is 11.7. The van der Waals surface area contributed by atoms with Gasteiger partial charge in [0.15, 0.2) is 0 Å². The van der Waals surface area contributed by atoms with Crippen molar-refractivity contribution in [2.24, 2.45) is 4.99 Å². The summed E-state index contributed by atoms with van der Waals surface area (Å²) in [6, 6.07) is 2.09. The first kappa shape index (κ1) is 14.1. The van der Waals surface area contributed by atoms with E-state index in [1.165, 1.54) is 19.5 Å². The van der Waals surface area contributed by atoms with Gasteiger partial charge in [0.05, 0.1) is 28.3 Å². The Labute approximate surface area is 120 Å². The number of nitro groups is 1. The average molecular weight is 343 g/mol. The molecule has 0 saturated heterocycles. The second-order valence-electron chi connectivity index (χ2n) is 3.59. The van der Waals surface area contributed by atoms with Crippen molar-refractivity contribution in [3.05, 3.63) is 44.3 Å². The molecule has 0 fully saturated rings. The quantitative estimate of drug-likeness (QED) is 0.525. The molecule has 0 aliphatic rings. The van der Waals surface area contributed by atoms with Gasteiger partial charge in [0.1, 0.15) is 11.5 Å². The molecule has 20 heavy (non-hydrogen) atoms. The van der Waals surface area contributed by atoms with Crippen LogP contribution in [0.3, 0.4) is 0 Å². The highest BCUT2D eigenvalue weighted by atomic mass is 79.9. The first-order valence-corrected chi connectivity index (χ1v) is 6.08. The molecule has 1 N–H and O–H groups in total. The fourth-order valence-corrected chi connectivity index (χ4v) is 1.92. The van der Waals surface area contributed by atoms with Gasteiger partial charge in [0.2, 0.25) is 0 Å². The Kier molecular flexibility index (Phi) is 4.08. The standard InChI is InChI=1S/C11H8BrFN4O3/c1-20-11-8(5-15-16-11)14-4-6-9(17(18)19)3-2-7(13)10(6)12/h2-5H,1H3,(H,15,16)/b14-4+. The lowest BCUT2D eigenvalue weighted by molar-refractivity contribution is -0.385. The fraction of sp³-hybridized carbons (Fsp3) is 0.0909. The number of aliphatic imine (C=N–C) groups is 1. The Balaban J connectivity index is 2.47. The number of nitro benzene ring substituents is 1. The van der Waals surface area contributed by atoms with Crippen LogP contribution in [0.4, 0.5) is 15.8 Å². The van der Waals surface area contributed by atoms with Crippen molar-refractivity contribution < 1.29 is 14.1 Å². The largest absolute Gasteiger partial charge is 0.478 e. The highest BCUT2D eigenvalue weighted by molar-refractivity contribution is 9.10. The summed E-state index contributed by atoms with van der Waals surface area (Å²) >= 11 is 2.97. The van der Waals surface area contributed by atoms with Crippen LogP contribution >= 0.6 is 15.9 Å². The molecule has 0 aliphatic carbocycles. The molecule has 1 heterocycles. The summed E-state index contributed by atoms with van der Waals surface area (Å²) in [6.45, 7) is 0. The maximum Gasteiger partial charge on any atom is 0.279 e. The molecule has 0 saturated carbocycles. The molecular weight excluding hydrogens is 335 g/mol. The molecule has 1 aromatic heterocycles. The van der Waals surface area contributed by atoms with E-state index in [1.807, 2.05) is 0 Å². The van der Waals surface area contributed by atoms with E-state index in [1.54, 1.807) is 0 Å². The molecule has 2 aromatic rings. The third-order valence-electron chi connectivity index (χ3n) is 2.42. The number of halogens is 2. The zero-order chi connectivity index (χ0) is 14.7. The summed E-state index contributed by atoms with van der Waals surface area (Å²) in [7, 11) is 1.41. The number of benzene rings is 1. The number of hydrogen-bond donors (Lipinski definition) is 1. The molecule has 0 radical (unpaired) electrons. The molecule has 9 heteroatoms. The number of nitrogens with one attached hydrogen (secondary N) is 1. The van der Waals surface area contributed by atoms with Crippen molar-refractivity contribution in [3.8, 4) is 5.88 Å². The minimum Gasteiger partial charge on any atom is -0.478 e. The lowest BCUT2D eigenvalue weighted by atomic mass is 10.2. The maximum atomic E-state index is 13.5. The first-order chi connectivity index (χ1) is 9.54. The highest BCUT2D eigenvalue weighted by Gasteiger charge is 2.18. The summed E-state index contributed by atoms with van der Waals surface area (Å²) < 4.78 is 18.4. The van der Waals surface area contributed by atoms with E-state index in [-0.39, 0.29) is 21.6 Å². The molecule has 0 bridgehead atoms. The SMILES string of the molecule is COc1n[nH]cc1/N=C/c1c([N+](=O)[O-])ccc(F)c1Br. The third kappa shape index (κ3) is 2.67. The van der Waals surface area contributed by atoms with Crippen molar-refractivity contribution in [1.29, 1.82) is 0 Å². The summed E-state index contributed by atoms with van der Waals surface area (Å²) in [6.07, 6.45) is 2.63. The predicted octanol–water partition coefficient (Wildman–Crippen LogP) is 2.98. The van der Waals surface area contributed by atoms with E-state index in [9.17, 15) is 14.5 Å². The van der Waals surface area contributed by atoms with Crippen LogP contribution in [-0.4, -0.2) is 28.4 Å². The minimum absolute atomic E-state index is 0.0262. The van der Waals surface area contributed by atoms with Crippen molar-refractivity contribution in [2.45, 2.75) is 0 Å². The molecule has 0 atom stereocenters. The Morgan fingerprint density at radius 1 is 1.60 bits per heavy atom. The van der Waals surface area contributed by atoms with Crippen molar-refractivity contribution in [2.75, 3.05) is 7.11 Å². The Bertz CT molecular complexity index is 686. The molecule has 0 unspecified atom stereocenters. The van der Waals surface area contributed by atoms with Gasteiger partial charge in [-0.25, -0.2) is 9.38 Å². The van der Waals surface area contributed by atoms with E-state index in [2.05, 4.69) is 31.1 Å². The Hall–Kier alpha value is -2.29. The molecule has 104 valence electrons. The highest BCUT2D eigenvalue weighted by Crippen LogP contribution is 2.29. The van der Waals surface area contributed by atoms with Crippen LogP contribution in [0.25, 0.3) is 0 Å². The average Bonchev–Trinajstić information content (AvgIpc) is 2.87. The van der Waals surface area contributed by atoms with E-state index in [0.717, 1.165) is 12.1 Å². The molecular formula is C11H8BrFN4O3. The van der Waals surface area contributed by atoms with Gasteiger partial charge in [0, 0.05) is 12.3 Å². The van der Waals surface area contributed by atoms with Gasteiger partial charge >= 0.3 is 0 Å². The third-order valence-corrected chi connectivity index (χ3v) is 3.22. The molecule has 2 rings (SSSR count). The first-order valence-electron chi connectivity index (χ1n) is 5.28. The van der Waals surface area contributed by atoms with Crippen molar-refractivity contribution in [3.63, 3.8) is 0 Å². The zero-order valence-electron chi connectivity index (χ0n) is 10.1. The van der Waals surface area contributed by atoms with Crippen molar-refractivity contribution in [1.82, 2.24) is 10.2 Å². The van der Waals surface area contributed by atoms with Crippen LogP contribution in [0.15, 0.2) is 27.8 Å². The van der Waals surface area contributed by atoms with E-state index >= 15 is 0 Å². The number of H-pyrrole nitrogens is 1. The molecule has 7 nitrogen and oxygen atoms in total. The van der Waals surface area contributed by atoms with Gasteiger partial charge in [-0.05, 0) is 22.0 Å². The Morgan fingerprint density at radius 2 is 2.35 bits per heavy atom. The van der Waals surface area contributed by atoms with Gasteiger partial charge in [-0.3, -0.25) is 15.2 Å². The normalized spacial score (nSPS) is 10.9. The second kappa shape index (κ2) is 5.78. The van der Waals surface area contributed by atoms with Gasteiger partial charge in [-0.15, -0.1) is 5.10 Å². The number of aromatic amines is 1. The van der Waals surface area contributed by atoms with Crippen LogP contribution in [0, 0.1) is 15.9 Å². The number of ether oxygens (including phenoxy) is 1. The van der Waals surface area contributed by atoms with Gasteiger partial charge in [-0.1, -0.05) is 0 Å². The number of methoxy groups -OCH3 is 1. The molecule has 0 aliphatic heterocycles. The lowest BCUT2D eigenvalue weighted by Crippen LogP contribution is -1.97. The summed E-state index contributed by atoms with van der Waals surface area (Å²) in [5.41, 5.74) is 0.112. The number of rotatable bonds is 4. The monoisotopic (exact) mass is 342 g/mol. The van der Waals surface area contributed by atoms with Crippen molar-refractivity contribution >= 4 is 33.5 Å². The lowest BCUT2D eigenvalue weighted by Gasteiger charge is -2.01. The van der Waals surface area contributed by atoms with E-state index < -0.39 is 10.7 Å². The van der Waals surface area contributed by atoms with Gasteiger partial charge < -0.3 is 4.74 Å². The predicted molar refractivity (Wildman–Crippen MR) is 73.1 cm³/mol. The van der Waals surface area contributed by atoms with Crippen LogP contribution in [0.5, 0.6) is 5.88 Å². The summed E-state index contributed by atoms with van der Waals surface area (Å²) in [5, 5.41) is 17.2. The number of aromatic nitrogens is 2.